The van der Waals surface area contributed by atoms with Crippen LogP contribution in [0.25, 0.3) is 22.6 Å². The van der Waals surface area contributed by atoms with Crippen LogP contribution in [0.1, 0.15) is 0 Å². The first-order valence-corrected chi connectivity index (χ1v) is 7.22. The minimum atomic E-state index is -0.582. The third kappa shape index (κ3) is 2.50. The first-order valence-electron chi connectivity index (χ1n) is 7.22. The Kier molecular flexibility index (Phi) is 3.19. The average molecular weight is 314 g/mol. The molecule has 0 amide bonds. The van der Waals surface area contributed by atoms with E-state index < -0.39 is 11.2 Å². The first kappa shape index (κ1) is 13.7. The third-order valence-electron chi connectivity index (χ3n) is 3.75. The van der Waals surface area contributed by atoms with Gasteiger partial charge in [-0.3, -0.25) is 14.8 Å². The Bertz CT molecular complexity index is 949. The van der Waals surface area contributed by atoms with Crippen molar-refractivity contribution in [3.05, 3.63) is 39.2 Å². The Hall–Kier alpha value is -2.94. The van der Waals surface area contributed by atoms with Crippen molar-refractivity contribution in [3.8, 4) is 11.4 Å². The lowest BCUT2D eigenvalue weighted by Crippen LogP contribution is -2.36. The number of H-pyrrole nitrogens is 3. The monoisotopic (exact) mass is 314 g/mol. The lowest BCUT2D eigenvalue weighted by molar-refractivity contribution is 0.122. The van der Waals surface area contributed by atoms with Crippen molar-refractivity contribution in [1.82, 2.24) is 24.9 Å². The number of hydrogen-bond acceptors (Lipinski definition) is 6. The van der Waals surface area contributed by atoms with Gasteiger partial charge in [-0.1, -0.05) is 0 Å². The number of imidazole rings is 1. The van der Waals surface area contributed by atoms with Gasteiger partial charge >= 0.3 is 5.69 Å². The summed E-state index contributed by atoms with van der Waals surface area (Å²) in [6.07, 6.45) is 1.69. The maximum Gasteiger partial charge on any atom is 0.327 e. The number of fused-ring (bicyclic) bond motifs is 1. The minimum Gasteiger partial charge on any atom is -0.378 e. The van der Waals surface area contributed by atoms with Gasteiger partial charge in [-0.2, -0.15) is 0 Å². The molecule has 0 unspecified atom stereocenters. The zero-order valence-electron chi connectivity index (χ0n) is 12.1. The summed E-state index contributed by atoms with van der Waals surface area (Å²) in [7, 11) is 0. The average Bonchev–Trinajstić information content (AvgIpc) is 3.00. The highest BCUT2D eigenvalue weighted by molar-refractivity contribution is 5.74. The Balaban J connectivity index is 1.69. The molecule has 4 heterocycles. The molecule has 9 nitrogen and oxygen atoms in total. The predicted octanol–water partition coefficient (Wildman–Crippen LogP) is -0.162. The summed E-state index contributed by atoms with van der Waals surface area (Å²) in [6.45, 7) is 3.02. The van der Waals surface area contributed by atoms with Crippen molar-refractivity contribution in [1.29, 1.82) is 0 Å². The van der Waals surface area contributed by atoms with E-state index in [9.17, 15) is 9.59 Å². The number of ether oxygens (including phenoxy) is 1. The Morgan fingerprint density at radius 2 is 1.91 bits per heavy atom. The van der Waals surface area contributed by atoms with Gasteiger partial charge in [0.15, 0.2) is 5.65 Å². The summed E-state index contributed by atoms with van der Waals surface area (Å²) < 4.78 is 5.32. The largest absolute Gasteiger partial charge is 0.378 e. The second-order valence-corrected chi connectivity index (χ2v) is 5.22. The number of anilines is 1. The molecule has 23 heavy (non-hydrogen) atoms. The number of hydrogen-bond donors (Lipinski definition) is 3. The van der Waals surface area contributed by atoms with E-state index in [0.29, 0.717) is 19.0 Å². The van der Waals surface area contributed by atoms with Crippen LogP contribution in [0.3, 0.4) is 0 Å². The van der Waals surface area contributed by atoms with Gasteiger partial charge in [-0.05, 0) is 12.1 Å². The molecule has 0 atom stereocenters. The van der Waals surface area contributed by atoms with Crippen LogP contribution in [-0.4, -0.2) is 51.2 Å². The minimum absolute atomic E-state index is 0.228. The number of rotatable bonds is 2. The number of nitrogens with zero attached hydrogens (tertiary/aromatic N) is 3. The van der Waals surface area contributed by atoms with Crippen LogP contribution >= 0.6 is 0 Å². The zero-order valence-corrected chi connectivity index (χ0v) is 12.1. The first-order chi connectivity index (χ1) is 11.2. The molecule has 1 aliphatic rings. The number of nitrogens with one attached hydrogen (secondary N) is 3. The van der Waals surface area contributed by atoms with Gasteiger partial charge in [0, 0.05) is 24.8 Å². The van der Waals surface area contributed by atoms with Crippen LogP contribution < -0.4 is 16.1 Å². The van der Waals surface area contributed by atoms with Crippen molar-refractivity contribution >= 4 is 17.0 Å². The Morgan fingerprint density at radius 3 is 2.65 bits per heavy atom. The van der Waals surface area contributed by atoms with Gasteiger partial charge in [0.2, 0.25) is 0 Å². The molecule has 0 saturated carbocycles. The van der Waals surface area contributed by atoms with Crippen molar-refractivity contribution in [2.24, 2.45) is 0 Å². The van der Waals surface area contributed by atoms with Crippen LogP contribution in [-0.2, 0) is 4.74 Å². The van der Waals surface area contributed by atoms with E-state index in [2.05, 4.69) is 29.8 Å². The summed E-state index contributed by atoms with van der Waals surface area (Å²) in [5.74, 6) is 1.35. The van der Waals surface area contributed by atoms with E-state index in [-0.39, 0.29) is 11.2 Å². The molecule has 1 aliphatic heterocycles. The summed E-state index contributed by atoms with van der Waals surface area (Å²) in [4.78, 5) is 41.4. The summed E-state index contributed by atoms with van der Waals surface area (Å²) in [6, 6.07) is 3.78. The van der Waals surface area contributed by atoms with E-state index >= 15 is 0 Å². The standard InChI is InChI=1S/C14H14N6O3/c21-13-10-12(18-14(22)19-13)17-11(16-10)8-1-2-9(15-7-8)20-3-5-23-6-4-20/h1-2,7H,3-6H2,(H3,16,17,18,19,21,22). The molecule has 0 radical (unpaired) electrons. The Morgan fingerprint density at radius 1 is 1.09 bits per heavy atom. The molecule has 1 saturated heterocycles. The molecule has 118 valence electrons. The molecule has 0 spiro atoms. The smallest absolute Gasteiger partial charge is 0.327 e. The fourth-order valence-electron chi connectivity index (χ4n) is 2.57. The fraction of sp³-hybridized carbons (Fsp3) is 0.286. The summed E-state index contributed by atoms with van der Waals surface area (Å²) in [5, 5.41) is 0. The van der Waals surface area contributed by atoms with Gasteiger partial charge in [0.1, 0.15) is 17.2 Å². The van der Waals surface area contributed by atoms with E-state index in [0.717, 1.165) is 24.5 Å². The van der Waals surface area contributed by atoms with Gasteiger partial charge in [0.25, 0.3) is 5.56 Å². The second-order valence-electron chi connectivity index (χ2n) is 5.22. The lowest BCUT2D eigenvalue weighted by atomic mass is 10.2. The molecule has 0 bridgehead atoms. The molecule has 4 rings (SSSR count). The molecular formula is C14H14N6O3. The number of aromatic nitrogens is 5. The number of morpholine rings is 1. The van der Waals surface area contributed by atoms with E-state index in [4.69, 9.17) is 4.74 Å². The Labute approximate surface area is 129 Å². The van der Waals surface area contributed by atoms with Gasteiger partial charge in [-0.15, -0.1) is 0 Å². The van der Waals surface area contributed by atoms with Crippen LogP contribution in [0.4, 0.5) is 5.82 Å². The number of pyridine rings is 1. The van der Waals surface area contributed by atoms with E-state index in [1.54, 1.807) is 6.20 Å². The second kappa shape index (κ2) is 5.36. The van der Waals surface area contributed by atoms with Gasteiger partial charge in [-0.25, -0.2) is 14.8 Å². The van der Waals surface area contributed by atoms with E-state index in [1.165, 1.54) is 0 Å². The quantitative estimate of drug-likeness (QED) is 0.604. The van der Waals surface area contributed by atoms with Crippen LogP contribution in [0.5, 0.6) is 0 Å². The van der Waals surface area contributed by atoms with Crippen molar-refractivity contribution < 1.29 is 4.74 Å². The highest BCUT2D eigenvalue weighted by atomic mass is 16.5. The third-order valence-corrected chi connectivity index (χ3v) is 3.75. The molecular weight excluding hydrogens is 300 g/mol. The molecule has 9 heteroatoms. The van der Waals surface area contributed by atoms with Gasteiger partial charge in [0.05, 0.1) is 13.2 Å². The van der Waals surface area contributed by atoms with Crippen molar-refractivity contribution in [2.75, 3.05) is 31.2 Å². The maximum atomic E-state index is 11.7. The number of aromatic amines is 3. The van der Waals surface area contributed by atoms with Crippen LogP contribution in [0, 0.1) is 0 Å². The molecule has 1 fully saturated rings. The molecule has 0 aromatic carbocycles. The fourth-order valence-corrected chi connectivity index (χ4v) is 2.57. The SMILES string of the molecule is O=c1[nH]c(=O)c2[nH]c(-c3ccc(N4CCOCC4)nc3)nc2[nH]1. The van der Waals surface area contributed by atoms with Crippen molar-refractivity contribution in [2.45, 2.75) is 0 Å². The van der Waals surface area contributed by atoms with E-state index in [1.807, 2.05) is 12.1 Å². The topological polar surface area (TPSA) is 120 Å². The van der Waals surface area contributed by atoms with Crippen LogP contribution in [0.15, 0.2) is 27.9 Å². The molecule has 3 N–H and O–H groups in total. The zero-order chi connectivity index (χ0) is 15.8. The summed E-state index contributed by atoms with van der Waals surface area (Å²) in [5.41, 5.74) is 0.114. The maximum absolute atomic E-state index is 11.7. The predicted molar refractivity (Wildman–Crippen MR) is 83.6 cm³/mol. The molecule has 3 aromatic rings. The molecule has 0 aliphatic carbocycles. The normalized spacial score (nSPS) is 15.2. The summed E-state index contributed by atoms with van der Waals surface area (Å²) >= 11 is 0. The van der Waals surface area contributed by atoms with Crippen LogP contribution in [0.2, 0.25) is 0 Å². The highest BCUT2D eigenvalue weighted by Crippen LogP contribution is 2.20. The highest BCUT2D eigenvalue weighted by Gasteiger charge is 2.13. The molecule has 3 aromatic heterocycles. The van der Waals surface area contributed by atoms with Crippen molar-refractivity contribution in [3.63, 3.8) is 0 Å². The lowest BCUT2D eigenvalue weighted by Gasteiger charge is -2.27. The van der Waals surface area contributed by atoms with Gasteiger partial charge < -0.3 is 14.6 Å².